The van der Waals surface area contributed by atoms with E-state index in [1.165, 1.54) is 12.5 Å². The number of amides is 2. The quantitative estimate of drug-likeness (QED) is 0.116. The third-order valence-electron chi connectivity index (χ3n) is 11.0. The number of aliphatic hydroxyl groups excluding tert-OH is 2. The molecule has 2 amide bonds. The minimum Gasteiger partial charge on any atom is -0.392 e. The van der Waals surface area contributed by atoms with E-state index in [2.05, 4.69) is 25.3 Å². The van der Waals surface area contributed by atoms with E-state index in [1.807, 2.05) is 30.3 Å². The van der Waals surface area contributed by atoms with Gasteiger partial charge in [-0.2, -0.15) is 0 Å². The van der Waals surface area contributed by atoms with Crippen LogP contribution in [0, 0.1) is 17.8 Å². The number of sulfonamides is 1. The van der Waals surface area contributed by atoms with Crippen LogP contribution >= 0.6 is 0 Å². The summed E-state index contributed by atoms with van der Waals surface area (Å²) in [6.07, 6.45) is 11.0. The molecule has 4 rings (SSSR count). The fourth-order valence-electron chi connectivity index (χ4n) is 7.61. The summed E-state index contributed by atoms with van der Waals surface area (Å²) in [5.74, 6) is -2.23. The molecule has 13 nitrogen and oxygen atoms in total. The van der Waals surface area contributed by atoms with Crippen LogP contribution in [0.5, 0.6) is 0 Å². The van der Waals surface area contributed by atoms with Gasteiger partial charge in [-0.15, -0.1) is 0 Å². The van der Waals surface area contributed by atoms with E-state index < -0.39 is 72.4 Å². The van der Waals surface area contributed by atoms with Crippen LogP contribution in [-0.4, -0.2) is 95.9 Å². The minimum absolute atomic E-state index is 0.0143. The molecule has 2 aliphatic rings. The zero-order valence-corrected chi connectivity index (χ0v) is 33.8. The summed E-state index contributed by atoms with van der Waals surface area (Å²) in [5.41, 5.74) is 1.35. The average Bonchev–Trinajstić information content (AvgIpc) is 3.64. The van der Waals surface area contributed by atoms with Gasteiger partial charge in [0, 0.05) is 31.3 Å². The molecule has 1 aromatic heterocycles. The molecule has 15 heteroatoms. The van der Waals surface area contributed by atoms with Gasteiger partial charge in [-0.05, 0) is 63.9 Å². The Labute approximate surface area is 322 Å². The average molecular weight is 794 g/mol. The van der Waals surface area contributed by atoms with Crippen LogP contribution in [0.3, 0.4) is 0 Å². The first-order valence-corrected chi connectivity index (χ1v) is 23.0. The lowest BCUT2D eigenvalue weighted by Crippen LogP contribution is -2.55. The molecule has 6 N–H and O–H groups in total. The lowest BCUT2D eigenvalue weighted by molar-refractivity contribution is -0.131. The molecule has 1 unspecified atom stereocenters. The van der Waals surface area contributed by atoms with Crippen LogP contribution in [-0.2, 0) is 42.3 Å². The molecule has 1 aromatic carbocycles. The van der Waals surface area contributed by atoms with Crippen molar-refractivity contribution in [2.45, 2.75) is 140 Å². The number of nitrogens with one attached hydrogen (secondary N) is 4. The predicted octanol–water partition coefficient (Wildman–Crippen LogP) is 3.58. The Hall–Kier alpha value is -2.85. The largest absolute Gasteiger partial charge is 0.392 e. The Balaban J connectivity index is 1.50. The Kier molecular flexibility index (Phi) is 16.5. The summed E-state index contributed by atoms with van der Waals surface area (Å²) in [4.78, 5) is 35.2. The monoisotopic (exact) mass is 793 g/mol. The van der Waals surface area contributed by atoms with Gasteiger partial charge < -0.3 is 25.8 Å². The summed E-state index contributed by atoms with van der Waals surface area (Å²) < 4.78 is 53.7. The first-order chi connectivity index (χ1) is 25.5. The highest BCUT2D eigenvalue weighted by molar-refractivity contribution is 7.92. The van der Waals surface area contributed by atoms with Gasteiger partial charge in [-0.3, -0.25) is 9.59 Å². The predicted molar refractivity (Wildman–Crippen MR) is 210 cm³/mol. The number of hydrogen-bond acceptors (Lipinski definition) is 9. The topological polar surface area (TPSA) is 208 Å². The first kappa shape index (κ1) is 43.9. The van der Waals surface area contributed by atoms with E-state index in [-0.39, 0.29) is 43.4 Å². The van der Waals surface area contributed by atoms with E-state index in [0.717, 1.165) is 69.8 Å². The molecular weight excluding hydrogens is 731 g/mol. The lowest BCUT2D eigenvalue weighted by Gasteiger charge is -2.32. The maximum absolute atomic E-state index is 14.2. The molecule has 2 saturated carbocycles. The van der Waals surface area contributed by atoms with Crippen molar-refractivity contribution in [1.82, 2.24) is 25.3 Å². The molecule has 0 radical (unpaired) electrons. The zero-order valence-electron chi connectivity index (χ0n) is 32.2. The van der Waals surface area contributed by atoms with Gasteiger partial charge in [0.15, 0.2) is 9.84 Å². The molecular formula is C39H63N5O8S2. The van der Waals surface area contributed by atoms with Gasteiger partial charge >= 0.3 is 0 Å². The van der Waals surface area contributed by atoms with Crippen molar-refractivity contribution >= 4 is 31.7 Å². The number of aromatic amines is 1. The number of aliphatic hydroxyl groups is 2. The van der Waals surface area contributed by atoms with Crippen LogP contribution in [0.1, 0.15) is 109 Å². The molecule has 0 aliphatic heterocycles. The van der Waals surface area contributed by atoms with Gasteiger partial charge in [-0.25, -0.2) is 26.5 Å². The Morgan fingerprint density at radius 1 is 0.870 bits per heavy atom. The van der Waals surface area contributed by atoms with Gasteiger partial charge in [0.25, 0.3) is 0 Å². The first-order valence-electron chi connectivity index (χ1n) is 19.7. The van der Waals surface area contributed by atoms with Crippen LogP contribution in [0.15, 0.2) is 42.9 Å². The smallest absolute Gasteiger partial charge is 0.243 e. The molecule has 54 heavy (non-hydrogen) atoms. The second-order valence-corrected chi connectivity index (χ2v) is 21.2. The SMILES string of the molecule is CC(C)(C)S(=O)(=O)CC(Cc1ccccc1)C(=O)N[C@@H](Cc1cnc[nH]1)C(=O)N[C@@H](CC1CCCCC1)[C@@H](O)C[C@H](O)CNS(=O)(=O)CC1CCCCC1. The molecule has 5 atom stereocenters. The maximum atomic E-state index is 14.2. The lowest BCUT2D eigenvalue weighted by atomic mass is 9.83. The highest BCUT2D eigenvalue weighted by Crippen LogP contribution is 2.29. The third kappa shape index (κ3) is 14.3. The molecule has 2 aliphatic carbocycles. The minimum atomic E-state index is -3.73. The summed E-state index contributed by atoms with van der Waals surface area (Å²) in [6, 6.07) is 7.18. The summed E-state index contributed by atoms with van der Waals surface area (Å²) in [7, 11) is -7.34. The second-order valence-electron chi connectivity index (χ2n) is 16.6. The van der Waals surface area contributed by atoms with Gasteiger partial charge in [0.05, 0.1) is 46.7 Å². The van der Waals surface area contributed by atoms with E-state index in [9.17, 15) is 36.6 Å². The van der Waals surface area contributed by atoms with Gasteiger partial charge in [0.1, 0.15) is 6.04 Å². The summed E-state index contributed by atoms with van der Waals surface area (Å²) in [6.45, 7) is 4.52. The van der Waals surface area contributed by atoms with Crippen molar-refractivity contribution in [2.75, 3.05) is 18.1 Å². The van der Waals surface area contributed by atoms with E-state index in [1.54, 1.807) is 20.8 Å². The molecule has 2 aromatic rings. The van der Waals surface area contributed by atoms with Crippen molar-refractivity contribution in [3.8, 4) is 0 Å². The maximum Gasteiger partial charge on any atom is 0.243 e. The molecule has 0 spiro atoms. The van der Waals surface area contributed by atoms with E-state index in [4.69, 9.17) is 0 Å². The molecule has 0 saturated heterocycles. The standard InChI is InChI=1S/C39H63N5O8S2/c1-39(2,3)53(49,50)26-31(19-28-13-7-4-8-14-28)37(47)44-35(21-32-23-40-27-41-32)38(48)43-34(20-29-15-9-5-10-16-29)36(46)22-33(45)24-42-54(51,52)25-30-17-11-6-12-18-30/h4,7-8,13-14,23,27,29-31,33-36,42,45-46H,5-6,9-12,15-22,24-26H2,1-3H3,(H,40,41)(H,43,48)(H,44,47)/t31?,33-,34-,35-,36-/m0/s1. The third-order valence-corrected chi connectivity index (χ3v) is 15.2. The van der Waals surface area contributed by atoms with Crippen molar-refractivity contribution < 1.29 is 36.6 Å². The molecule has 304 valence electrons. The number of carbonyl (C=O) groups is 2. The number of benzene rings is 1. The number of nitrogens with zero attached hydrogens (tertiary/aromatic N) is 1. The van der Waals surface area contributed by atoms with Crippen molar-refractivity contribution in [2.24, 2.45) is 17.8 Å². The van der Waals surface area contributed by atoms with Crippen molar-refractivity contribution in [1.29, 1.82) is 0 Å². The number of aromatic nitrogens is 2. The van der Waals surface area contributed by atoms with Gasteiger partial charge in [0.2, 0.25) is 21.8 Å². The fraction of sp³-hybridized carbons (Fsp3) is 0.718. The molecule has 2 fully saturated rings. The molecule has 1 heterocycles. The van der Waals surface area contributed by atoms with Crippen LogP contribution in [0.2, 0.25) is 0 Å². The number of carbonyl (C=O) groups excluding carboxylic acids is 2. The number of hydrogen-bond donors (Lipinski definition) is 6. The fourth-order valence-corrected chi connectivity index (χ4v) is 10.4. The number of imidazole rings is 1. The second kappa shape index (κ2) is 20.4. The van der Waals surface area contributed by atoms with E-state index >= 15 is 0 Å². The Morgan fingerprint density at radius 3 is 2.09 bits per heavy atom. The normalized spacial score (nSPS) is 19.4. The Morgan fingerprint density at radius 2 is 1.50 bits per heavy atom. The Bertz CT molecular complexity index is 1650. The number of sulfone groups is 1. The summed E-state index contributed by atoms with van der Waals surface area (Å²) in [5, 5.41) is 28.2. The highest BCUT2D eigenvalue weighted by Gasteiger charge is 2.37. The highest BCUT2D eigenvalue weighted by atomic mass is 32.2. The van der Waals surface area contributed by atoms with E-state index in [0.29, 0.717) is 12.1 Å². The zero-order chi connectivity index (χ0) is 39.4. The van der Waals surface area contributed by atoms with Crippen molar-refractivity contribution in [3.05, 3.63) is 54.1 Å². The van der Waals surface area contributed by atoms with Gasteiger partial charge in [-0.1, -0.05) is 81.7 Å². The van der Waals surface area contributed by atoms with Crippen LogP contribution in [0.25, 0.3) is 0 Å². The summed E-state index contributed by atoms with van der Waals surface area (Å²) >= 11 is 0. The molecule has 0 bridgehead atoms. The van der Waals surface area contributed by atoms with Crippen molar-refractivity contribution in [3.63, 3.8) is 0 Å². The van der Waals surface area contributed by atoms with Crippen LogP contribution in [0.4, 0.5) is 0 Å². The van der Waals surface area contributed by atoms with Crippen LogP contribution < -0.4 is 15.4 Å². The number of H-pyrrole nitrogens is 1. The number of rotatable bonds is 20.